The number of ketones is 1. The largest absolute Gasteiger partial charge is 0.294 e. The van der Waals surface area contributed by atoms with Gasteiger partial charge in [-0.25, -0.2) is 0 Å². The van der Waals surface area contributed by atoms with Gasteiger partial charge in [-0.2, -0.15) is 0 Å². The molecule has 0 bridgehead atoms. The highest BCUT2D eigenvalue weighted by atomic mass is 32.1. The number of hydrogen-bond donors (Lipinski definition) is 0. The normalized spacial score (nSPS) is 21.5. The van der Waals surface area contributed by atoms with Crippen LogP contribution < -0.4 is 0 Å². The van der Waals surface area contributed by atoms with E-state index in [1.807, 2.05) is 0 Å². The molecule has 0 aliphatic rings. The second-order valence-corrected chi connectivity index (χ2v) is 1.93. The van der Waals surface area contributed by atoms with E-state index in [0.717, 1.165) is 0 Å². The lowest BCUT2D eigenvalue weighted by molar-refractivity contribution is 0.102. The van der Waals surface area contributed by atoms with Crippen LogP contribution in [0.3, 0.4) is 0 Å². The molecule has 0 radical (unpaired) electrons. The maximum atomic E-state index is 11.2. The molecular weight excluding hydrogens is 120 g/mol. The van der Waals surface area contributed by atoms with Gasteiger partial charge in [0.2, 0.25) is 0 Å². The summed E-state index contributed by atoms with van der Waals surface area (Å²) in [5, 5.41) is -0.261. The summed E-state index contributed by atoms with van der Waals surface area (Å²) in [5.74, 6) is -1.17. The molecule has 0 spiro atoms. The van der Waals surface area contributed by atoms with Crippen LogP contribution in [0.2, 0.25) is 0 Å². The molecule has 0 aliphatic carbocycles. The fourth-order valence-corrected chi connectivity index (χ4v) is 0.686. The van der Waals surface area contributed by atoms with Crippen molar-refractivity contribution in [2.75, 3.05) is 0 Å². The van der Waals surface area contributed by atoms with Crippen LogP contribution in [-0.4, -0.2) is 5.78 Å². The minimum Gasteiger partial charge on any atom is -0.294 e. The summed E-state index contributed by atoms with van der Waals surface area (Å²) in [7, 11) is 0. The number of rotatable bonds is 1. The number of carbonyl (C=O) groups excluding carboxylic acids is 1. The van der Waals surface area contributed by atoms with Gasteiger partial charge < -0.3 is 0 Å². The van der Waals surface area contributed by atoms with E-state index < -0.39 is 24.7 Å². The topological polar surface area (TPSA) is 17.1 Å². The Balaban J connectivity index is 3.22. The molecule has 0 aromatic carbocycles. The zero-order chi connectivity index (χ0) is 11.1. The Morgan fingerprint density at radius 2 is 3.00 bits per heavy atom. The summed E-state index contributed by atoms with van der Waals surface area (Å²) in [6, 6.07) is -0.872. The van der Waals surface area contributed by atoms with E-state index >= 15 is 0 Å². The number of carbonyl (C=O) groups is 1. The fourth-order valence-electron chi connectivity index (χ4n) is 0.287. The summed E-state index contributed by atoms with van der Waals surface area (Å²) in [6.07, 6.45) is 0. The number of hydrogen-bond acceptors (Lipinski definition) is 2. The van der Waals surface area contributed by atoms with Gasteiger partial charge in [0.05, 0.1) is 8.99 Å². The highest BCUT2D eigenvalue weighted by Crippen LogP contribution is 2.07. The first-order valence-electron chi connectivity index (χ1n) is 4.86. The molecule has 1 heterocycles. The molecule has 42 valence electrons. The lowest BCUT2D eigenvalue weighted by atomic mass is 10.4. The average Bonchev–Trinajstić information content (AvgIpc) is 2.30. The summed E-state index contributed by atoms with van der Waals surface area (Å²) >= 11 is 0.558. The molecule has 0 saturated carbocycles. The summed E-state index contributed by atoms with van der Waals surface area (Å²) in [5.41, 5.74) is 0. The van der Waals surface area contributed by atoms with Crippen LogP contribution in [0, 0.1) is 0 Å². The van der Waals surface area contributed by atoms with E-state index in [1.54, 1.807) is 0 Å². The van der Waals surface area contributed by atoms with Crippen LogP contribution in [0.25, 0.3) is 0 Å². The molecular formula is C6H6OS. The Bertz CT molecular complexity index is 378. The average molecular weight is 138 g/mol. The van der Waals surface area contributed by atoms with Crippen molar-refractivity contribution in [2.24, 2.45) is 0 Å². The lowest BCUT2D eigenvalue weighted by Gasteiger charge is -1.79. The minimum absolute atomic E-state index is 0.261. The molecule has 1 rings (SSSR count). The zero-order valence-corrected chi connectivity index (χ0v) is 4.63. The van der Waals surface area contributed by atoms with Crippen molar-refractivity contribution in [3.8, 4) is 0 Å². The second kappa shape index (κ2) is 2.09. The first kappa shape index (κ1) is 1.67. The Morgan fingerprint density at radius 1 is 2.12 bits per heavy atom. The van der Waals surface area contributed by atoms with Gasteiger partial charge in [0.25, 0.3) is 0 Å². The molecule has 1 aromatic rings. The van der Waals surface area contributed by atoms with Crippen LogP contribution in [0.4, 0.5) is 0 Å². The molecule has 0 amide bonds. The van der Waals surface area contributed by atoms with Crippen molar-refractivity contribution in [3.05, 3.63) is 22.3 Å². The predicted molar refractivity (Wildman–Crippen MR) is 34.3 cm³/mol. The Hall–Kier alpha value is -0.630. The van der Waals surface area contributed by atoms with E-state index in [0.29, 0.717) is 11.3 Å². The standard InChI is InChI=1S/C6H6OS/c1-5(7)6-3-2-4-8-6/h2-4H,1H3/i1T3,2T,3T,4T. The summed E-state index contributed by atoms with van der Waals surface area (Å²) in [4.78, 5) is 10.9. The molecule has 2 heteroatoms. The van der Waals surface area contributed by atoms with Crippen LogP contribution in [0.15, 0.2) is 17.4 Å². The van der Waals surface area contributed by atoms with Gasteiger partial charge in [-0.05, 0) is 18.3 Å². The smallest absolute Gasteiger partial charge is 0.169 e. The highest BCUT2D eigenvalue weighted by molar-refractivity contribution is 7.12. The lowest BCUT2D eigenvalue weighted by Crippen LogP contribution is -1.83. The SMILES string of the molecule is [3H]c1sc(C(=O)C([3H])([3H])[3H])c([3H])c1[3H]. The first-order chi connectivity index (χ1) is 6.25. The number of Topliss-reactive ketones (excluding diaryl/α,β-unsaturated/α-hetero) is 1. The fraction of sp³-hybridized carbons (Fsp3) is 0.167. The third-order valence-corrected chi connectivity index (χ3v) is 1.28. The van der Waals surface area contributed by atoms with Gasteiger partial charge in [-0.1, -0.05) is 6.04 Å². The van der Waals surface area contributed by atoms with E-state index in [9.17, 15) is 4.79 Å². The van der Waals surface area contributed by atoms with Crippen molar-refractivity contribution < 1.29 is 13.0 Å². The molecule has 0 unspecified atom stereocenters. The van der Waals surface area contributed by atoms with Crippen molar-refractivity contribution in [1.82, 2.24) is 0 Å². The van der Waals surface area contributed by atoms with Crippen LogP contribution in [0.5, 0.6) is 0 Å². The number of thiophene rings is 1. The first-order valence-corrected chi connectivity index (χ1v) is 2.68. The van der Waals surface area contributed by atoms with Gasteiger partial charge in [0.15, 0.2) is 5.78 Å². The van der Waals surface area contributed by atoms with Crippen LogP contribution in [0.1, 0.15) is 24.7 Å². The molecule has 0 atom stereocenters. The van der Waals surface area contributed by atoms with Crippen molar-refractivity contribution in [1.29, 1.82) is 0 Å². The Labute approximate surface area is 60.4 Å². The Kier molecular flexibility index (Phi) is 0.438. The molecule has 0 N–H and O–H groups in total. The van der Waals surface area contributed by atoms with Gasteiger partial charge in [0.1, 0.15) is 0 Å². The third-order valence-electron chi connectivity index (χ3n) is 0.586. The van der Waals surface area contributed by atoms with Crippen molar-refractivity contribution >= 4 is 17.1 Å². The van der Waals surface area contributed by atoms with Gasteiger partial charge >= 0.3 is 0 Å². The molecule has 0 fully saturated rings. The zero-order valence-electron chi connectivity index (χ0n) is 9.82. The predicted octanol–water partition coefficient (Wildman–Crippen LogP) is 1.95. The maximum Gasteiger partial charge on any atom is 0.169 e. The molecule has 0 aliphatic heterocycles. The van der Waals surface area contributed by atoms with E-state index in [2.05, 4.69) is 0 Å². The summed E-state index contributed by atoms with van der Waals surface area (Å²) < 4.78 is 42.1. The van der Waals surface area contributed by atoms with E-state index in [4.69, 9.17) is 8.22 Å². The van der Waals surface area contributed by atoms with Crippen LogP contribution in [-0.2, 0) is 0 Å². The second-order valence-electron chi connectivity index (χ2n) is 1.11. The molecule has 1 nitrogen and oxygen atoms in total. The highest BCUT2D eigenvalue weighted by Gasteiger charge is 1.95. The van der Waals surface area contributed by atoms with Crippen LogP contribution >= 0.6 is 11.3 Å². The van der Waals surface area contributed by atoms with Gasteiger partial charge in [-0.15, -0.1) is 11.3 Å². The molecule has 0 saturated heterocycles. The van der Waals surface area contributed by atoms with Gasteiger partial charge in [0, 0.05) is 4.11 Å². The van der Waals surface area contributed by atoms with E-state index in [1.165, 1.54) is 0 Å². The Morgan fingerprint density at radius 3 is 3.50 bits per heavy atom. The summed E-state index contributed by atoms with van der Waals surface area (Å²) in [6.45, 7) is -2.81. The minimum atomic E-state index is -2.81. The van der Waals surface area contributed by atoms with E-state index in [-0.39, 0.29) is 10.2 Å². The quantitative estimate of drug-likeness (QED) is 0.542. The maximum absolute atomic E-state index is 11.2. The van der Waals surface area contributed by atoms with Crippen molar-refractivity contribution in [2.45, 2.75) is 6.85 Å². The molecule has 8 heavy (non-hydrogen) atoms. The van der Waals surface area contributed by atoms with Crippen molar-refractivity contribution in [3.63, 3.8) is 0 Å². The monoisotopic (exact) mass is 138 g/mol. The third kappa shape index (κ3) is 0.954. The molecule has 1 aromatic heterocycles. The van der Waals surface area contributed by atoms with Gasteiger partial charge in [-0.3, -0.25) is 4.79 Å².